The molecule has 0 saturated carbocycles. The van der Waals surface area contributed by atoms with E-state index in [-0.39, 0.29) is 11.9 Å². The van der Waals surface area contributed by atoms with Crippen molar-refractivity contribution in [3.05, 3.63) is 34.6 Å². The van der Waals surface area contributed by atoms with Gasteiger partial charge in [-0.15, -0.1) is 0 Å². The molecule has 0 spiro atoms. The quantitative estimate of drug-likeness (QED) is 0.778. The second kappa shape index (κ2) is 4.74. The third-order valence-corrected chi connectivity index (χ3v) is 3.18. The van der Waals surface area contributed by atoms with Crippen LogP contribution in [0.15, 0.2) is 12.1 Å². The molecular weight excluding hydrogens is 205 g/mol. The van der Waals surface area contributed by atoms with E-state index in [0.717, 1.165) is 31.2 Å². The molecule has 0 bridgehead atoms. The van der Waals surface area contributed by atoms with Crippen LogP contribution in [-0.2, 0) is 0 Å². The molecule has 1 aromatic carbocycles. The Kier molecular flexibility index (Phi) is 3.34. The van der Waals surface area contributed by atoms with Gasteiger partial charge < -0.3 is 5.32 Å². The van der Waals surface area contributed by atoms with E-state index in [1.54, 1.807) is 13.0 Å². The van der Waals surface area contributed by atoms with E-state index in [0.29, 0.717) is 11.1 Å². The fourth-order valence-corrected chi connectivity index (χ4v) is 2.24. The van der Waals surface area contributed by atoms with Gasteiger partial charge in [0.1, 0.15) is 12.1 Å². The van der Waals surface area contributed by atoms with Crippen LogP contribution in [0.1, 0.15) is 46.8 Å². The highest BCUT2D eigenvalue weighted by Crippen LogP contribution is 2.27. The molecular formula is C13H16FNO. The van der Waals surface area contributed by atoms with Gasteiger partial charge in [-0.25, -0.2) is 4.39 Å². The Bertz CT molecular complexity index is 397. The molecule has 1 N–H and O–H groups in total. The van der Waals surface area contributed by atoms with Gasteiger partial charge in [0.2, 0.25) is 0 Å². The number of benzene rings is 1. The Morgan fingerprint density at radius 2 is 2.25 bits per heavy atom. The van der Waals surface area contributed by atoms with Crippen LogP contribution in [0.4, 0.5) is 4.39 Å². The first-order chi connectivity index (χ1) is 7.72. The van der Waals surface area contributed by atoms with Crippen molar-refractivity contribution in [2.24, 2.45) is 0 Å². The summed E-state index contributed by atoms with van der Waals surface area (Å²) in [6.45, 7) is 2.70. The Morgan fingerprint density at radius 1 is 1.44 bits per heavy atom. The van der Waals surface area contributed by atoms with Crippen molar-refractivity contribution in [2.75, 3.05) is 6.54 Å². The summed E-state index contributed by atoms with van der Waals surface area (Å²) in [6, 6.07) is 3.34. The van der Waals surface area contributed by atoms with Crippen molar-refractivity contribution >= 4 is 6.29 Å². The first-order valence-electron chi connectivity index (χ1n) is 5.71. The molecule has 1 aliphatic rings. The third-order valence-electron chi connectivity index (χ3n) is 3.18. The highest BCUT2D eigenvalue weighted by atomic mass is 19.1. The van der Waals surface area contributed by atoms with E-state index >= 15 is 0 Å². The lowest BCUT2D eigenvalue weighted by Gasteiger charge is -2.25. The van der Waals surface area contributed by atoms with Crippen molar-refractivity contribution in [2.45, 2.75) is 32.2 Å². The summed E-state index contributed by atoms with van der Waals surface area (Å²) in [7, 11) is 0. The van der Waals surface area contributed by atoms with Gasteiger partial charge in [-0.2, -0.15) is 0 Å². The van der Waals surface area contributed by atoms with Gasteiger partial charge in [-0.1, -0.05) is 12.5 Å². The molecule has 1 heterocycles. The molecule has 86 valence electrons. The van der Waals surface area contributed by atoms with E-state index in [4.69, 9.17) is 0 Å². The van der Waals surface area contributed by atoms with E-state index in [9.17, 15) is 9.18 Å². The van der Waals surface area contributed by atoms with Gasteiger partial charge in [-0.05, 0) is 43.5 Å². The van der Waals surface area contributed by atoms with Gasteiger partial charge in [0.25, 0.3) is 0 Å². The number of hydrogen-bond donors (Lipinski definition) is 1. The average molecular weight is 221 g/mol. The Morgan fingerprint density at radius 3 is 2.88 bits per heavy atom. The van der Waals surface area contributed by atoms with Crippen molar-refractivity contribution < 1.29 is 9.18 Å². The summed E-state index contributed by atoms with van der Waals surface area (Å²) in [5.74, 6) is -0.304. The molecule has 3 heteroatoms. The maximum atomic E-state index is 13.3. The second-order valence-corrected chi connectivity index (χ2v) is 4.35. The smallest absolute Gasteiger partial charge is 0.150 e. The predicted molar refractivity (Wildman–Crippen MR) is 61.1 cm³/mol. The third kappa shape index (κ3) is 2.14. The van der Waals surface area contributed by atoms with Crippen LogP contribution in [0.5, 0.6) is 0 Å². The summed E-state index contributed by atoms with van der Waals surface area (Å²) in [5.41, 5.74) is 2.02. The summed E-state index contributed by atoms with van der Waals surface area (Å²) in [6.07, 6.45) is 4.10. The molecule has 1 atom stereocenters. The minimum absolute atomic E-state index is 0.202. The maximum absolute atomic E-state index is 13.3. The van der Waals surface area contributed by atoms with Crippen LogP contribution < -0.4 is 5.32 Å². The Balaban J connectivity index is 2.37. The number of halogens is 1. The van der Waals surface area contributed by atoms with Gasteiger partial charge in [0.15, 0.2) is 0 Å². The highest BCUT2D eigenvalue weighted by molar-refractivity contribution is 5.77. The maximum Gasteiger partial charge on any atom is 0.150 e. The number of rotatable bonds is 2. The molecule has 0 radical (unpaired) electrons. The summed E-state index contributed by atoms with van der Waals surface area (Å²) in [5, 5.41) is 3.38. The number of nitrogens with one attached hydrogen (secondary N) is 1. The molecule has 16 heavy (non-hydrogen) atoms. The molecule has 2 rings (SSSR count). The minimum atomic E-state index is -0.304. The number of hydrogen-bond acceptors (Lipinski definition) is 2. The van der Waals surface area contributed by atoms with Crippen LogP contribution in [0.2, 0.25) is 0 Å². The first kappa shape index (κ1) is 11.3. The van der Waals surface area contributed by atoms with E-state index in [1.165, 1.54) is 12.5 Å². The zero-order valence-electron chi connectivity index (χ0n) is 9.42. The van der Waals surface area contributed by atoms with Crippen LogP contribution in [-0.4, -0.2) is 12.8 Å². The van der Waals surface area contributed by atoms with Crippen LogP contribution >= 0.6 is 0 Å². The molecule has 0 aliphatic carbocycles. The zero-order valence-corrected chi connectivity index (χ0v) is 9.42. The molecule has 1 aromatic rings. The number of aryl methyl sites for hydroxylation is 1. The van der Waals surface area contributed by atoms with E-state index < -0.39 is 0 Å². The summed E-state index contributed by atoms with van der Waals surface area (Å²) in [4.78, 5) is 10.9. The molecule has 0 aromatic heterocycles. The largest absolute Gasteiger partial charge is 0.310 e. The van der Waals surface area contributed by atoms with Gasteiger partial charge in [0, 0.05) is 11.6 Å². The van der Waals surface area contributed by atoms with Crippen LogP contribution in [0, 0.1) is 12.7 Å². The van der Waals surface area contributed by atoms with Gasteiger partial charge >= 0.3 is 0 Å². The molecule has 1 aliphatic heterocycles. The van der Waals surface area contributed by atoms with Crippen LogP contribution in [0.3, 0.4) is 0 Å². The highest BCUT2D eigenvalue weighted by Gasteiger charge is 2.18. The molecule has 1 unspecified atom stereocenters. The SMILES string of the molecule is Cc1cc(C2CCCCN2)c(C=O)cc1F. The van der Waals surface area contributed by atoms with Crippen molar-refractivity contribution in [3.63, 3.8) is 0 Å². The first-order valence-corrected chi connectivity index (χ1v) is 5.71. The fraction of sp³-hybridized carbons (Fsp3) is 0.462. The topological polar surface area (TPSA) is 29.1 Å². The number of carbonyl (C=O) groups is 1. The minimum Gasteiger partial charge on any atom is -0.310 e. The van der Waals surface area contributed by atoms with E-state index in [1.807, 2.05) is 0 Å². The van der Waals surface area contributed by atoms with Crippen molar-refractivity contribution in [1.82, 2.24) is 5.32 Å². The number of carbonyl (C=O) groups excluding carboxylic acids is 1. The zero-order chi connectivity index (χ0) is 11.5. The lowest BCUT2D eigenvalue weighted by Crippen LogP contribution is -2.27. The van der Waals surface area contributed by atoms with E-state index in [2.05, 4.69) is 5.32 Å². The predicted octanol–water partition coefficient (Wildman–Crippen LogP) is 2.76. The average Bonchev–Trinajstić information content (AvgIpc) is 2.33. The molecule has 0 amide bonds. The van der Waals surface area contributed by atoms with Crippen molar-refractivity contribution in [1.29, 1.82) is 0 Å². The molecule has 2 nitrogen and oxygen atoms in total. The molecule has 1 saturated heterocycles. The van der Waals surface area contributed by atoms with Gasteiger partial charge in [-0.3, -0.25) is 4.79 Å². The van der Waals surface area contributed by atoms with Crippen LogP contribution in [0.25, 0.3) is 0 Å². The monoisotopic (exact) mass is 221 g/mol. The lowest BCUT2D eigenvalue weighted by molar-refractivity contribution is 0.112. The normalized spacial score (nSPS) is 20.8. The lowest BCUT2D eigenvalue weighted by atomic mass is 9.92. The Hall–Kier alpha value is -1.22. The number of aldehydes is 1. The summed E-state index contributed by atoms with van der Waals surface area (Å²) >= 11 is 0. The summed E-state index contributed by atoms with van der Waals surface area (Å²) < 4.78 is 13.3. The fourth-order valence-electron chi connectivity index (χ4n) is 2.24. The van der Waals surface area contributed by atoms with Crippen molar-refractivity contribution in [3.8, 4) is 0 Å². The standard InChI is InChI=1S/C13H16FNO/c1-9-6-11(10(8-16)7-12(9)14)13-4-2-3-5-15-13/h6-8,13,15H,2-5H2,1H3. The molecule has 1 fully saturated rings. The number of piperidine rings is 1. The van der Waals surface area contributed by atoms with Gasteiger partial charge in [0.05, 0.1) is 0 Å². The Labute approximate surface area is 94.9 Å². The second-order valence-electron chi connectivity index (χ2n) is 4.35.